The lowest BCUT2D eigenvalue weighted by Gasteiger charge is -2.28. The van der Waals surface area contributed by atoms with Crippen LogP contribution in [-0.2, 0) is 5.54 Å². The molecule has 0 bridgehead atoms. The number of rotatable bonds is 3. The van der Waals surface area contributed by atoms with Crippen LogP contribution < -0.4 is 5.32 Å². The predicted molar refractivity (Wildman–Crippen MR) is 88.6 cm³/mol. The van der Waals surface area contributed by atoms with Crippen molar-refractivity contribution in [2.75, 3.05) is 0 Å². The van der Waals surface area contributed by atoms with Gasteiger partial charge in [0.25, 0.3) is 5.91 Å². The molecule has 0 aliphatic heterocycles. The van der Waals surface area contributed by atoms with Gasteiger partial charge in [0.15, 0.2) is 0 Å². The summed E-state index contributed by atoms with van der Waals surface area (Å²) in [7, 11) is 0. The van der Waals surface area contributed by atoms with Crippen LogP contribution in [0.5, 0.6) is 0 Å². The molecule has 0 radical (unpaired) electrons. The first-order valence-corrected chi connectivity index (χ1v) is 8.77. The van der Waals surface area contributed by atoms with Gasteiger partial charge in [0.1, 0.15) is 5.01 Å². The fourth-order valence-electron chi connectivity index (χ4n) is 2.86. The number of carbonyl (C=O) groups excluding carboxylic acids is 1. The molecule has 0 atom stereocenters. The quantitative estimate of drug-likeness (QED) is 0.875. The van der Waals surface area contributed by atoms with Crippen molar-refractivity contribution >= 4 is 33.2 Å². The Hall–Kier alpha value is -1.20. The lowest BCUT2D eigenvalue weighted by atomic mass is 9.97. The van der Waals surface area contributed by atoms with E-state index < -0.39 is 0 Å². The summed E-state index contributed by atoms with van der Waals surface area (Å²) in [6.45, 7) is 2.00. The van der Waals surface area contributed by atoms with Crippen LogP contribution in [0.1, 0.15) is 46.7 Å². The molecule has 3 rings (SSSR count). The highest BCUT2D eigenvalue weighted by Crippen LogP contribution is 2.40. The lowest BCUT2D eigenvalue weighted by molar-refractivity contribution is 0.0898. The van der Waals surface area contributed by atoms with Crippen LogP contribution >= 0.6 is 27.3 Å². The molecule has 110 valence electrons. The van der Waals surface area contributed by atoms with Crippen molar-refractivity contribution in [1.82, 2.24) is 10.3 Å². The molecular formula is C16H17BrN2OS. The minimum absolute atomic E-state index is 0.0222. The van der Waals surface area contributed by atoms with Gasteiger partial charge in [0.05, 0.1) is 5.54 Å². The highest BCUT2D eigenvalue weighted by molar-refractivity contribution is 9.10. The second-order valence-corrected chi connectivity index (χ2v) is 7.32. The van der Waals surface area contributed by atoms with Crippen LogP contribution in [0.25, 0.3) is 0 Å². The zero-order valence-electron chi connectivity index (χ0n) is 11.9. The van der Waals surface area contributed by atoms with E-state index in [0.717, 1.165) is 40.9 Å². The van der Waals surface area contributed by atoms with Crippen molar-refractivity contribution < 1.29 is 4.79 Å². The van der Waals surface area contributed by atoms with Crippen molar-refractivity contribution in [3.63, 3.8) is 0 Å². The number of hydrogen-bond acceptors (Lipinski definition) is 3. The van der Waals surface area contributed by atoms with Gasteiger partial charge in [-0.3, -0.25) is 4.79 Å². The van der Waals surface area contributed by atoms with Gasteiger partial charge in [0, 0.05) is 21.1 Å². The molecule has 21 heavy (non-hydrogen) atoms. The molecule has 1 N–H and O–H groups in total. The van der Waals surface area contributed by atoms with Crippen LogP contribution in [0.2, 0.25) is 0 Å². The SMILES string of the molecule is Cc1csc(C2(NC(=O)c3cccc(Br)c3)CCCC2)n1. The van der Waals surface area contributed by atoms with Crippen LogP contribution in [0.3, 0.4) is 0 Å². The number of nitrogens with zero attached hydrogens (tertiary/aromatic N) is 1. The Labute approximate surface area is 136 Å². The summed E-state index contributed by atoms with van der Waals surface area (Å²) in [5.74, 6) is -0.0222. The Morgan fingerprint density at radius 1 is 1.38 bits per heavy atom. The molecule has 1 amide bonds. The fraction of sp³-hybridized carbons (Fsp3) is 0.375. The Morgan fingerprint density at radius 3 is 2.76 bits per heavy atom. The summed E-state index contributed by atoms with van der Waals surface area (Å²) in [5, 5.41) is 6.35. The normalized spacial score (nSPS) is 16.9. The summed E-state index contributed by atoms with van der Waals surface area (Å²) in [6.07, 6.45) is 4.22. The maximum Gasteiger partial charge on any atom is 0.252 e. The monoisotopic (exact) mass is 364 g/mol. The van der Waals surface area contributed by atoms with E-state index >= 15 is 0 Å². The molecule has 0 saturated heterocycles. The highest BCUT2D eigenvalue weighted by atomic mass is 79.9. The Bertz CT molecular complexity index is 662. The predicted octanol–water partition coefficient (Wildman–Crippen LogP) is 4.41. The van der Waals surface area contributed by atoms with Crippen LogP contribution in [0.4, 0.5) is 0 Å². The molecule has 0 spiro atoms. The number of hydrogen-bond donors (Lipinski definition) is 1. The van der Waals surface area contributed by atoms with Gasteiger partial charge in [-0.15, -0.1) is 11.3 Å². The van der Waals surface area contributed by atoms with Gasteiger partial charge in [-0.1, -0.05) is 34.8 Å². The summed E-state index contributed by atoms with van der Waals surface area (Å²) < 4.78 is 0.917. The molecule has 2 aromatic rings. The van der Waals surface area contributed by atoms with E-state index in [1.165, 1.54) is 0 Å². The van der Waals surface area contributed by atoms with Crippen molar-refractivity contribution in [2.45, 2.75) is 38.1 Å². The number of aryl methyl sites for hydroxylation is 1. The number of amides is 1. The highest BCUT2D eigenvalue weighted by Gasteiger charge is 2.39. The van der Waals surface area contributed by atoms with E-state index in [1.807, 2.05) is 31.2 Å². The summed E-state index contributed by atoms with van der Waals surface area (Å²) >= 11 is 5.07. The standard InChI is InChI=1S/C16H17BrN2OS/c1-11-10-21-15(18-11)16(7-2-3-8-16)19-14(20)12-5-4-6-13(17)9-12/h4-6,9-10H,2-3,7-8H2,1H3,(H,19,20). The minimum atomic E-state index is -0.279. The molecule has 1 fully saturated rings. The second kappa shape index (κ2) is 5.89. The molecule has 1 aliphatic rings. The Kier molecular flexibility index (Phi) is 4.13. The number of benzene rings is 1. The van der Waals surface area contributed by atoms with E-state index in [2.05, 4.69) is 31.6 Å². The van der Waals surface area contributed by atoms with Gasteiger partial charge < -0.3 is 5.32 Å². The van der Waals surface area contributed by atoms with E-state index in [9.17, 15) is 4.79 Å². The first kappa shape index (κ1) is 14.7. The third kappa shape index (κ3) is 3.04. The van der Waals surface area contributed by atoms with Crippen molar-refractivity contribution in [3.8, 4) is 0 Å². The van der Waals surface area contributed by atoms with E-state index in [1.54, 1.807) is 11.3 Å². The first-order valence-electron chi connectivity index (χ1n) is 7.10. The molecular weight excluding hydrogens is 348 g/mol. The maximum absolute atomic E-state index is 12.6. The molecule has 0 unspecified atom stereocenters. The largest absolute Gasteiger partial charge is 0.340 e. The molecule has 1 aliphatic carbocycles. The van der Waals surface area contributed by atoms with Gasteiger partial charge in [-0.2, -0.15) is 0 Å². The zero-order chi connectivity index (χ0) is 14.9. The van der Waals surface area contributed by atoms with Gasteiger partial charge >= 0.3 is 0 Å². The van der Waals surface area contributed by atoms with Crippen molar-refractivity contribution in [3.05, 3.63) is 50.4 Å². The van der Waals surface area contributed by atoms with Crippen LogP contribution in [-0.4, -0.2) is 10.9 Å². The summed E-state index contributed by atoms with van der Waals surface area (Å²) in [6, 6.07) is 7.50. The number of halogens is 1. The van der Waals surface area contributed by atoms with E-state index in [4.69, 9.17) is 0 Å². The molecule has 1 aromatic heterocycles. The molecule has 1 saturated carbocycles. The smallest absolute Gasteiger partial charge is 0.252 e. The molecule has 1 aromatic carbocycles. The minimum Gasteiger partial charge on any atom is -0.340 e. The van der Waals surface area contributed by atoms with Crippen molar-refractivity contribution in [2.24, 2.45) is 0 Å². The van der Waals surface area contributed by atoms with E-state index in [-0.39, 0.29) is 11.4 Å². The second-order valence-electron chi connectivity index (χ2n) is 5.55. The van der Waals surface area contributed by atoms with Gasteiger partial charge in [-0.05, 0) is 38.0 Å². The van der Waals surface area contributed by atoms with Crippen LogP contribution in [0.15, 0.2) is 34.1 Å². The molecule has 5 heteroatoms. The maximum atomic E-state index is 12.6. The number of carbonyl (C=O) groups is 1. The summed E-state index contributed by atoms with van der Waals surface area (Å²) in [4.78, 5) is 17.2. The third-order valence-electron chi connectivity index (χ3n) is 3.93. The molecule has 1 heterocycles. The lowest BCUT2D eigenvalue weighted by Crippen LogP contribution is -2.43. The number of aromatic nitrogens is 1. The Balaban J connectivity index is 1.87. The zero-order valence-corrected chi connectivity index (χ0v) is 14.3. The average molecular weight is 365 g/mol. The van der Waals surface area contributed by atoms with Crippen LogP contribution in [0, 0.1) is 6.92 Å². The Morgan fingerprint density at radius 2 is 2.14 bits per heavy atom. The van der Waals surface area contributed by atoms with Crippen molar-refractivity contribution in [1.29, 1.82) is 0 Å². The third-order valence-corrected chi connectivity index (χ3v) is 5.58. The van der Waals surface area contributed by atoms with Gasteiger partial charge in [0.2, 0.25) is 0 Å². The topological polar surface area (TPSA) is 42.0 Å². The van der Waals surface area contributed by atoms with Gasteiger partial charge in [-0.25, -0.2) is 4.98 Å². The van der Waals surface area contributed by atoms with E-state index in [0.29, 0.717) is 5.56 Å². The fourth-order valence-corrected chi connectivity index (χ4v) is 4.28. The molecule has 3 nitrogen and oxygen atoms in total. The average Bonchev–Trinajstić information content (AvgIpc) is 3.09. The number of thiazole rings is 1. The first-order chi connectivity index (χ1) is 10.1. The summed E-state index contributed by atoms with van der Waals surface area (Å²) in [5.41, 5.74) is 1.43. The number of nitrogens with one attached hydrogen (secondary N) is 1.